The van der Waals surface area contributed by atoms with Crippen molar-refractivity contribution < 1.29 is 0 Å². The van der Waals surface area contributed by atoms with Gasteiger partial charge >= 0.3 is 0 Å². The van der Waals surface area contributed by atoms with Crippen LogP contribution in [0.1, 0.15) is 64.7 Å². The summed E-state index contributed by atoms with van der Waals surface area (Å²) in [5, 5.41) is 0. The monoisotopic (exact) mass is 242 g/mol. The number of hydrogen-bond acceptors (Lipinski definition) is 0. The smallest absolute Gasteiger partial charge is 0.0223 e. The minimum Gasteiger partial charge on any atom is -0.127 e. The summed E-state index contributed by atoms with van der Waals surface area (Å²) in [5.74, 6) is 0.826. The second kappa shape index (κ2) is 14.8. The highest BCUT2D eigenvalue weighted by molar-refractivity contribution is 6.17. The van der Waals surface area contributed by atoms with E-state index in [4.69, 9.17) is 11.6 Å². The molecule has 0 radical (unpaired) electrons. The summed E-state index contributed by atoms with van der Waals surface area (Å²) in [5.41, 5.74) is 0. The van der Waals surface area contributed by atoms with Crippen LogP contribution in [-0.2, 0) is 0 Å². The molecule has 1 heteroatoms. The Kier molecular flexibility index (Phi) is 14.6. The molecule has 0 aromatic rings. The van der Waals surface area contributed by atoms with Crippen molar-refractivity contribution in [2.45, 2.75) is 64.7 Å². The summed E-state index contributed by atoms with van der Waals surface area (Å²) in [6.07, 6.45) is 20.5. The lowest BCUT2D eigenvalue weighted by atomic mass is 10.1. The van der Waals surface area contributed by atoms with Gasteiger partial charge in [-0.15, -0.1) is 11.6 Å². The van der Waals surface area contributed by atoms with Crippen molar-refractivity contribution in [1.29, 1.82) is 0 Å². The minimum atomic E-state index is 0.826. The zero-order valence-electron chi connectivity index (χ0n) is 10.8. The van der Waals surface area contributed by atoms with Crippen LogP contribution >= 0.6 is 11.6 Å². The molecule has 0 N–H and O–H groups in total. The Bertz CT molecular complexity index is 170. The lowest BCUT2D eigenvalue weighted by Crippen LogP contribution is -1.80. The second-order valence-electron chi connectivity index (χ2n) is 4.24. The Morgan fingerprint density at radius 1 is 0.750 bits per heavy atom. The van der Waals surface area contributed by atoms with Crippen molar-refractivity contribution >= 4 is 11.6 Å². The SMILES string of the molecule is CCCC=CC=CCCCCCCCCCl. The molecule has 0 rings (SSSR count). The van der Waals surface area contributed by atoms with Crippen LogP contribution in [0, 0.1) is 0 Å². The van der Waals surface area contributed by atoms with E-state index in [9.17, 15) is 0 Å². The van der Waals surface area contributed by atoms with Gasteiger partial charge < -0.3 is 0 Å². The van der Waals surface area contributed by atoms with Gasteiger partial charge in [-0.3, -0.25) is 0 Å². The second-order valence-corrected chi connectivity index (χ2v) is 4.62. The molecule has 94 valence electrons. The van der Waals surface area contributed by atoms with Crippen molar-refractivity contribution in [3.63, 3.8) is 0 Å². The van der Waals surface area contributed by atoms with Crippen LogP contribution in [0.3, 0.4) is 0 Å². The predicted molar refractivity (Wildman–Crippen MR) is 76.2 cm³/mol. The van der Waals surface area contributed by atoms with E-state index in [-0.39, 0.29) is 0 Å². The number of rotatable bonds is 11. The third kappa shape index (κ3) is 13.8. The summed E-state index contributed by atoms with van der Waals surface area (Å²) >= 11 is 5.62. The Labute approximate surface area is 107 Å². The molecular weight excluding hydrogens is 216 g/mol. The average Bonchev–Trinajstić information content (AvgIpc) is 2.31. The molecule has 16 heavy (non-hydrogen) atoms. The van der Waals surface area contributed by atoms with Gasteiger partial charge in [-0.2, -0.15) is 0 Å². The molecule has 0 spiro atoms. The van der Waals surface area contributed by atoms with Gasteiger partial charge in [0.05, 0.1) is 0 Å². The molecule has 0 heterocycles. The minimum absolute atomic E-state index is 0.826. The molecule has 0 saturated heterocycles. The maximum absolute atomic E-state index is 5.62. The highest BCUT2D eigenvalue weighted by Gasteiger charge is 1.89. The molecule has 0 aliphatic rings. The molecule has 0 saturated carbocycles. The number of unbranched alkanes of at least 4 members (excludes halogenated alkanes) is 7. The highest BCUT2D eigenvalue weighted by atomic mass is 35.5. The summed E-state index contributed by atoms with van der Waals surface area (Å²) in [6, 6.07) is 0. The first-order valence-corrected chi connectivity index (χ1v) is 7.33. The van der Waals surface area contributed by atoms with Crippen LogP contribution in [-0.4, -0.2) is 5.88 Å². The standard InChI is InChI=1S/C15H27Cl/c1-2-3-4-5-6-7-8-9-10-11-12-13-14-15-16/h4-7H,2-3,8-15H2,1H3. The van der Waals surface area contributed by atoms with E-state index >= 15 is 0 Å². The summed E-state index contributed by atoms with van der Waals surface area (Å²) in [6.45, 7) is 2.21. The fourth-order valence-electron chi connectivity index (χ4n) is 1.58. The van der Waals surface area contributed by atoms with Crippen LogP contribution in [0.2, 0.25) is 0 Å². The molecule has 0 aliphatic carbocycles. The van der Waals surface area contributed by atoms with Crippen LogP contribution < -0.4 is 0 Å². The van der Waals surface area contributed by atoms with Gasteiger partial charge in [0.1, 0.15) is 0 Å². The van der Waals surface area contributed by atoms with E-state index in [0.29, 0.717) is 0 Å². The van der Waals surface area contributed by atoms with E-state index in [1.54, 1.807) is 0 Å². The van der Waals surface area contributed by atoms with E-state index < -0.39 is 0 Å². The fraction of sp³-hybridized carbons (Fsp3) is 0.733. The molecule has 0 atom stereocenters. The molecule has 0 aromatic heterocycles. The van der Waals surface area contributed by atoms with Crippen molar-refractivity contribution in [2.75, 3.05) is 5.88 Å². The number of allylic oxidation sites excluding steroid dienone is 4. The van der Waals surface area contributed by atoms with Gasteiger partial charge in [0, 0.05) is 5.88 Å². The van der Waals surface area contributed by atoms with Crippen molar-refractivity contribution in [3.05, 3.63) is 24.3 Å². The van der Waals surface area contributed by atoms with Crippen LogP contribution in [0.15, 0.2) is 24.3 Å². The van der Waals surface area contributed by atoms with E-state index in [2.05, 4.69) is 31.2 Å². The fourth-order valence-corrected chi connectivity index (χ4v) is 1.77. The van der Waals surface area contributed by atoms with Gasteiger partial charge in [-0.25, -0.2) is 0 Å². The maximum Gasteiger partial charge on any atom is 0.0223 e. The summed E-state index contributed by atoms with van der Waals surface area (Å²) < 4.78 is 0. The normalized spacial score (nSPS) is 11.9. The number of alkyl halides is 1. The highest BCUT2D eigenvalue weighted by Crippen LogP contribution is 2.07. The zero-order valence-corrected chi connectivity index (χ0v) is 11.5. The maximum atomic E-state index is 5.62. The Morgan fingerprint density at radius 3 is 1.94 bits per heavy atom. The van der Waals surface area contributed by atoms with Gasteiger partial charge in [0.2, 0.25) is 0 Å². The number of hydrogen-bond donors (Lipinski definition) is 0. The van der Waals surface area contributed by atoms with E-state index in [1.807, 2.05) is 0 Å². The third-order valence-corrected chi connectivity index (χ3v) is 2.86. The molecule has 0 bridgehead atoms. The molecule has 0 nitrogen and oxygen atoms in total. The van der Waals surface area contributed by atoms with Crippen LogP contribution in [0.25, 0.3) is 0 Å². The first-order chi connectivity index (χ1) is 7.91. The zero-order chi connectivity index (χ0) is 11.9. The lowest BCUT2D eigenvalue weighted by molar-refractivity contribution is 0.612. The third-order valence-electron chi connectivity index (χ3n) is 2.59. The Morgan fingerprint density at radius 2 is 1.31 bits per heavy atom. The quantitative estimate of drug-likeness (QED) is 0.242. The largest absolute Gasteiger partial charge is 0.127 e. The van der Waals surface area contributed by atoms with Crippen molar-refractivity contribution in [2.24, 2.45) is 0 Å². The molecule has 0 aromatic carbocycles. The molecule has 0 aliphatic heterocycles. The summed E-state index contributed by atoms with van der Waals surface area (Å²) in [4.78, 5) is 0. The average molecular weight is 243 g/mol. The van der Waals surface area contributed by atoms with Crippen molar-refractivity contribution in [3.8, 4) is 0 Å². The van der Waals surface area contributed by atoms with Gasteiger partial charge in [0.25, 0.3) is 0 Å². The molecule has 0 fully saturated rings. The summed E-state index contributed by atoms with van der Waals surface area (Å²) in [7, 11) is 0. The van der Waals surface area contributed by atoms with Crippen molar-refractivity contribution in [1.82, 2.24) is 0 Å². The topological polar surface area (TPSA) is 0 Å². The predicted octanol–water partition coefficient (Wildman–Crippen LogP) is 5.87. The van der Waals surface area contributed by atoms with E-state index in [1.165, 1.54) is 57.8 Å². The van der Waals surface area contributed by atoms with Crippen LogP contribution in [0.4, 0.5) is 0 Å². The lowest BCUT2D eigenvalue weighted by Gasteiger charge is -1.98. The molecule has 0 unspecified atom stereocenters. The van der Waals surface area contributed by atoms with Gasteiger partial charge in [0.15, 0.2) is 0 Å². The Hall–Kier alpha value is -0.230. The van der Waals surface area contributed by atoms with E-state index in [0.717, 1.165) is 5.88 Å². The number of halogens is 1. The first kappa shape index (κ1) is 15.8. The van der Waals surface area contributed by atoms with Gasteiger partial charge in [-0.1, -0.05) is 63.3 Å². The molecular formula is C15H27Cl. The first-order valence-electron chi connectivity index (χ1n) is 6.79. The van der Waals surface area contributed by atoms with Gasteiger partial charge in [-0.05, 0) is 25.7 Å². The van der Waals surface area contributed by atoms with Crippen LogP contribution in [0.5, 0.6) is 0 Å². The molecule has 0 amide bonds. The Balaban J connectivity index is 3.08.